The second kappa shape index (κ2) is 8.30. The number of nitro groups is 1. The number of hydrogen-bond acceptors (Lipinski definition) is 5. The van der Waals surface area contributed by atoms with Crippen LogP contribution in [-0.2, 0) is 0 Å². The number of rotatable bonds is 8. The number of hydrogen-bond donors (Lipinski definition) is 2. The standard InChI is InChI=1S/C12H15BrF3N3O3/c13-9-1-2-11(19(21)22)10(7-9)17-3-4-18(5-6-20)8-12(14,15)16/h1-2,7,17,20H,3-6,8H2. The number of halogens is 4. The highest BCUT2D eigenvalue weighted by atomic mass is 79.9. The number of nitrogens with one attached hydrogen (secondary N) is 1. The lowest BCUT2D eigenvalue weighted by Gasteiger charge is -2.22. The Morgan fingerprint density at radius 2 is 2.05 bits per heavy atom. The molecule has 0 saturated heterocycles. The van der Waals surface area contributed by atoms with E-state index in [9.17, 15) is 23.3 Å². The largest absolute Gasteiger partial charge is 0.401 e. The molecule has 0 aliphatic heterocycles. The van der Waals surface area contributed by atoms with Crippen molar-refractivity contribution in [2.45, 2.75) is 6.18 Å². The van der Waals surface area contributed by atoms with Crippen LogP contribution < -0.4 is 5.32 Å². The van der Waals surface area contributed by atoms with Crippen molar-refractivity contribution in [2.24, 2.45) is 0 Å². The van der Waals surface area contributed by atoms with E-state index in [2.05, 4.69) is 21.2 Å². The van der Waals surface area contributed by atoms with Gasteiger partial charge in [-0.05, 0) is 12.1 Å². The smallest absolute Gasteiger partial charge is 0.395 e. The van der Waals surface area contributed by atoms with Gasteiger partial charge < -0.3 is 10.4 Å². The predicted molar refractivity (Wildman–Crippen MR) is 78.9 cm³/mol. The lowest BCUT2D eigenvalue weighted by atomic mass is 10.2. The normalized spacial score (nSPS) is 11.7. The summed E-state index contributed by atoms with van der Waals surface area (Å²) in [6, 6.07) is 4.29. The monoisotopic (exact) mass is 385 g/mol. The van der Waals surface area contributed by atoms with Crippen molar-refractivity contribution < 1.29 is 23.2 Å². The second-order valence-corrected chi connectivity index (χ2v) is 5.38. The van der Waals surface area contributed by atoms with E-state index in [0.717, 1.165) is 4.90 Å². The number of nitrogens with zero attached hydrogens (tertiary/aromatic N) is 2. The molecular weight excluding hydrogens is 371 g/mol. The van der Waals surface area contributed by atoms with Crippen LogP contribution in [0.5, 0.6) is 0 Å². The summed E-state index contributed by atoms with van der Waals surface area (Å²) in [4.78, 5) is 11.3. The first-order valence-corrected chi connectivity index (χ1v) is 7.10. The average molecular weight is 386 g/mol. The molecule has 1 aromatic carbocycles. The fraction of sp³-hybridized carbons (Fsp3) is 0.500. The van der Waals surface area contributed by atoms with E-state index in [1.165, 1.54) is 18.2 Å². The molecule has 2 N–H and O–H groups in total. The van der Waals surface area contributed by atoms with Crippen molar-refractivity contribution in [2.75, 3.05) is 38.1 Å². The van der Waals surface area contributed by atoms with Gasteiger partial charge in [-0.15, -0.1) is 0 Å². The third-order valence-corrected chi connectivity index (χ3v) is 3.21. The van der Waals surface area contributed by atoms with Gasteiger partial charge in [0.05, 0.1) is 18.1 Å². The topological polar surface area (TPSA) is 78.6 Å². The minimum absolute atomic E-state index is 0.0102. The third kappa shape index (κ3) is 6.58. The maximum atomic E-state index is 12.4. The van der Waals surface area contributed by atoms with Gasteiger partial charge in [-0.25, -0.2) is 0 Å². The van der Waals surface area contributed by atoms with Gasteiger partial charge in [-0.3, -0.25) is 15.0 Å². The van der Waals surface area contributed by atoms with Crippen molar-refractivity contribution in [1.29, 1.82) is 0 Å². The number of aliphatic hydroxyl groups is 1. The summed E-state index contributed by atoms with van der Waals surface area (Å²) >= 11 is 3.18. The number of anilines is 1. The van der Waals surface area contributed by atoms with Crippen molar-refractivity contribution in [3.05, 3.63) is 32.8 Å². The molecule has 0 bridgehead atoms. The molecule has 0 unspecified atom stereocenters. The lowest BCUT2D eigenvalue weighted by molar-refractivity contribution is -0.384. The molecule has 0 aliphatic carbocycles. The Kier molecular flexibility index (Phi) is 7.04. The van der Waals surface area contributed by atoms with Gasteiger partial charge in [0.25, 0.3) is 5.69 Å². The zero-order valence-electron chi connectivity index (χ0n) is 11.4. The van der Waals surface area contributed by atoms with E-state index < -0.39 is 24.3 Å². The van der Waals surface area contributed by atoms with Crippen LogP contribution in [0.1, 0.15) is 0 Å². The first-order valence-electron chi connectivity index (χ1n) is 6.30. The molecule has 0 saturated carbocycles. The van der Waals surface area contributed by atoms with Gasteiger partial charge in [0, 0.05) is 30.2 Å². The van der Waals surface area contributed by atoms with Crippen LogP contribution in [-0.4, -0.2) is 53.9 Å². The zero-order valence-corrected chi connectivity index (χ0v) is 13.0. The van der Waals surface area contributed by atoms with E-state index in [1.54, 1.807) is 0 Å². The van der Waals surface area contributed by atoms with Crippen molar-refractivity contribution in [3.8, 4) is 0 Å². The highest BCUT2D eigenvalue weighted by Crippen LogP contribution is 2.27. The van der Waals surface area contributed by atoms with Crippen LogP contribution in [0.15, 0.2) is 22.7 Å². The molecule has 0 amide bonds. The highest BCUT2D eigenvalue weighted by Gasteiger charge is 2.30. The summed E-state index contributed by atoms with van der Waals surface area (Å²) in [5.74, 6) is 0. The summed E-state index contributed by atoms with van der Waals surface area (Å²) in [6.45, 7) is -1.60. The molecule has 0 aliphatic rings. The van der Waals surface area contributed by atoms with E-state index in [0.29, 0.717) is 4.47 Å². The molecule has 0 fully saturated rings. The van der Waals surface area contributed by atoms with E-state index in [4.69, 9.17) is 5.11 Å². The lowest BCUT2D eigenvalue weighted by Crippen LogP contribution is -2.39. The Morgan fingerprint density at radius 3 is 2.59 bits per heavy atom. The van der Waals surface area contributed by atoms with E-state index in [1.807, 2.05) is 0 Å². The van der Waals surface area contributed by atoms with Gasteiger partial charge in [0.15, 0.2) is 0 Å². The Labute approximate surface area is 133 Å². The zero-order chi connectivity index (χ0) is 16.8. The summed E-state index contributed by atoms with van der Waals surface area (Å²) in [7, 11) is 0. The minimum atomic E-state index is -4.36. The molecule has 0 spiro atoms. The molecule has 6 nitrogen and oxygen atoms in total. The van der Waals surface area contributed by atoms with Crippen LogP contribution in [0.25, 0.3) is 0 Å². The van der Waals surface area contributed by atoms with E-state index in [-0.39, 0.29) is 31.0 Å². The molecule has 0 aromatic heterocycles. The Bertz CT molecular complexity index is 514. The fourth-order valence-electron chi connectivity index (χ4n) is 1.82. The van der Waals surface area contributed by atoms with E-state index >= 15 is 0 Å². The first kappa shape index (κ1) is 18.7. The molecule has 124 valence electrons. The van der Waals surface area contributed by atoms with Gasteiger partial charge in [-0.2, -0.15) is 13.2 Å². The maximum Gasteiger partial charge on any atom is 0.401 e. The maximum absolute atomic E-state index is 12.4. The van der Waals surface area contributed by atoms with Crippen LogP contribution in [0.2, 0.25) is 0 Å². The second-order valence-electron chi connectivity index (χ2n) is 4.46. The van der Waals surface area contributed by atoms with Crippen LogP contribution in [0.4, 0.5) is 24.5 Å². The summed E-state index contributed by atoms with van der Waals surface area (Å²) in [6.07, 6.45) is -4.36. The van der Waals surface area contributed by atoms with Crippen LogP contribution in [0.3, 0.4) is 0 Å². The van der Waals surface area contributed by atoms with Crippen LogP contribution >= 0.6 is 15.9 Å². The molecule has 1 rings (SSSR count). The molecular formula is C12H15BrF3N3O3. The summed E-state index contributed by atoms with van der Waals surface area (Å²) < 4.78 is 37.7. The van der Waals surface area contributed by atoms with Crippen molar-refractivity contribution >= 4 is 27.3 Å². The molecule has 22 heavy (non-hydrogen) atoms. The number of benzene rings is 1. The number of alkyl halides is 3. The number of nitro benzene ring substituents is 1. The quantitative estimate of drug-likeness (QED) is 0.531. The van der Waals surface area contributed by atoms with Crippen molar-refractivity contribution in [1.82, 2.24) is 4.90 Å². The average Bonchev–Trinajstić information content (AvgIpc) is 2.36. The molecule has 1 aromatic rings. The van der Waals surface area contributed by atoms with Gasteiger partial charge >= 0.3 is 6.18 Å². The first-order chi connectivity index (χ1) is 10.2. The number of aliphatic hydroxyl groups excluding tert-OH is 1. The van der Waals surface area contributed by atoms with Crippen molar-refractivity contribution in [3.63, 3.8) is 0 Å². The van der Waals surface area contributed by atoms with Crippen LogP contribution in [0, 0.1) is 10.1 Å². The van der Waals surface area contributed by atoms with Gasteiger partial charge in [0.1, 0.15) is 5.69 Å². The third-order valence-electron chi connectivity index (χ3n) is 2.72. The Balaban J connectivity index is 2.65. The van der Waals surface area contributed by atoms with Gasteiger partial charge in [0.2, 0.25) is 0 Å². The van der Waals surface area contributed by atoms with Gasteiger partial charge in [-0.1, -0.05) is 15.9 Å². The minimum Gasteiger partial charge on any atom is -0.395 e. The summed E-state index contributed by atoms with van der Waals surface area (Å²) in [5, 5.41) is 22.4. The SMILES string of the molecule is O=[N+]([O-])c1ccc(Br)cc1NCCN(CCO)CC(F)(F)F. The summed E-state index contributed by atoms with van der Waals surface area (Å²) in [5.41, 5.74) is 0.0584. The highest BCUT2D eigenvalue weighted by molar-refractivity contribution is 9.10. The Morgan fingerprint density at radius 1 is 1.36 bits per heavy atom. The fourth-order valence-corrected chi connectivity index (χ4v) is 2.18. The predicted octanol–water partition coefficient (Wildman–Crippen LogP) is 2.63. The molecule has 10 heteroatoms. The molecule has 0 atom stereocenters. The molecule has 0 heterocycles. The Hall–Kier alpha value is -1.39. The molecule has 0 radical (unpaired) electrons.